The minimum atomic E-state index is 1.23. The Bertz CT molecular complexity index is 149. The van der Waals surface area contributed by atoms with Crippen LogP contribution in [0.2, 0.25) is 0 Å². The molecule has 0 aliphatic heterocycles. The van der Waals surface area contributed by atoms with E-state index in [-0.39, 0.29) is 0 Å². The monoisotopic (exact) mass is 212 g/mol. The number of hydrogen-bond donors (Lipinski definition) is 0. The highest BCUT2D eigenvalue weighted by molar-refractivity contribution is 5.50. The summed E-state index contributed by atoms with van der Waals surface area (Å²) in [5.74, 6) is 0. The van der Waals surface area contributed by atoms with Gasteiger partial charge in [0.05, 0.1) is 0 Å². The van der Waals surface area contributed by atoms with Gasteiger partial charge in [0, 0.05) is 12.8 Å². The first-order chi connectivity index (χ1) is 7.31. The molecule has 0 rings (SSSR count). The zero-order valence-corrected chi connectivity index (χ0v) is 11.1. The molecule has 0 aliphatic rings. The molecule has 0 aromatic rings. The van der Waals surface area contributed by atoms with Crippen molar-refractivity contribution in [1.82, 2.24) is 0 Å². The van der Waals surface area contributed by atoms with E-state index < -0.39 is 0 Å². The largest absolute Gasteiger partial charge is 0.242 e. The highest BCUT2D eigenvalue weighted by atomic mass is 14.9. The van der Waals surface area contributed by atoms with Crippen molar-refractivity contribution in [2.45, 2.75) is 71.6 Å². The molecule has 90 valence electrons. The van der Waals surface area contributed by atoms with E-state index in [1.165, 1.54) is 64.3 Å². The third kappa shape index (κ3) is 11.6. The highest BCUT2D eigenvalue weighted by Gasteiger charge is 1.96. The lowest BCUT2D eigenvalue weighted by Gasteiger charge is -2.00. The van der Waals surface area contributed by atoms with Crippen LogP contribution in [0.1, 0.15) is 71.6 Å². The Balaban J connectivity index is 3.16. The van der Waals surface area contributed by atoms with Crippen molar-refractivity contribution in [3.8, 4) is 0 Å². The summed E-state index contributed by atoms with van der Waals surface area (Å²) >= 11 is 0. The lowest BCUT2D eigenvalue weighted by molar-refractivity contribution is -0.494. The minimum absolute atomic E-state index is 1.23. The summed E-state index contributed by atoms with van der Waals surface area (Å²) < 4.78 is 2.36. The fourth-order valence-electron chi connectivity index (χ4n) is 1.76. The molecule has 0 aromatic carbocycles. The van der Waals surface area contributed by atoms with Gasteiger partial charge in [-0.2, -0.15) is 0 Å². The van der Waals surface area contributed by atoms with Gasteiger partial charge in [-0.15, -0.1) is 0 Å². The van der Waals surface area contributed by atoms with Crippen molar-refractivity contribution in [2.75, 3.05) is 13.6 Å². The second-order valence-corrected chi connectivity index (χ2v) is 4.57. The molecule has 0 aromatic heterocycles. The lowest BCUT2D eigenvalue weighted by atomic mass is 10.1. The van der Waals surface area contributed by atoms with E-state index in [1.54, 1.807) is 0 Å². The van der Waals surface area contributed by atoms with Gasteiger partial charge in [-0.25, -0.2) is 4.58 Å². The topological polar surface area (TPSA) is 3.01 Å². The molecule has 0 saturated heterocycles. The standard InChI is InChI=1S/C14H30N/c1-4-6-8-9-10-11-12-14-15(3)13-7-5-2/h13H,4-12,14H2,1-3H3/q+1. The molecule has 0 fully saturated rings. The van der Waals surface area contributed by atoms with Crippen molar-refractivity contribution >= 4 is 6.21 Å². The summed E-state index contributed by atoms with van der Waals surface area (Å²) in [6.45, 7) is 5.75. The first kappa shape index (κ1) is 14.7. The SMILES string of the molecule is CCCC=[N+](C)CCCCCCCCC. The van der Waals surface area contributed by atoms with Crippen LogP contribution in [0.5, 0.6) is 0 Å². The predicted octanol–water partition coefficient (Wildman–Crippen LogP) is 4.25. The van der Waals surface area contributed by atoms with Crippen LogP contribution in [-0.2, 0) is 0 Å². The van der Waals surface area contributed by atoms with E-state index in [0.717, 1.165) is 0 Å². The normalized spacial score (nSPS) is 12.1. The van der Waals surface area contributed by atoms with Crippen molar-refractivity contribution in [3.63, 3.8) is 0 Å². The summed E-state index contributed by atoms with van der Waals surface area (Å²) in [6, 6.07) is 0. The molecule has 15 heavy (non-hydrogen) atoms. The first-order valence-electron chi connectivity index (χ1n) is 6.84. The minimum Gasteiger partial charge on any atom is -0.242 e. The van der Waals surface area contributed by atoms with Crippen LogP contribution in [-0.4, -0.2) is 24.4 Å². The third-order valence-corrected chi connectivity index (χ3v) is 2.84. The molecule has 1 heteroatoms. The van der Waals surface area contributed by atoms with Gasteiger partial charge in [0.25, 0.3) is 0 Å². The Morgan fingerprint density at radius 3 is 2.00 bits per heavy atom. The van der Waals surface area contributed by atoms with Gasteiger partial charge in [0.2, 0.25) is 0 Å². The third-order valence-electron chi connectivity index (χ3n) is 2.84. The van der Waals surface area contributed by atoms with Gasteiger partial charge >= 0.3 is 0 Å². The van der Waals surface area contributed by atoms with Gasteiger partial charge in [0.15, 0.2) is 0 Å². The van der Waals surface area contributed by atoms with Gasteiger partial charge in [-0.3, -0.25) is 0 Å². The summed E-state index contributed by atoms with van der Waals surface area (Å²) in [5.41, 5.74) is 0. The van der Waals surface area contributed by atoms with Crippen molar-refractivity contribution in [3.05, 3.63) is 0 Å². The number of nitrogens with zero attached hydrogens (tertiary/aromatic N) is 1. The van der Waals surface area contributed by atoms with Crippen LogP contribution >= 0.6 is 0 Å². The summed E-state index contributed by atoms with van der Waals surface area (Å²) in [4.78, 5) is 0. The fraction of sp³-hybridized carbons (Fsp3) is 0.929. The molecule has 0 amide bonds. The van der Waals surface area contributed by atoms with Crippen LogP contribution in [0.3, 0.4) is 0 Å². The van der Waals surface area contributed by atoms with Crippen LogP contribution in [0.15, 0.2) is 0 Å². The molecule has 0 atom stereocenters. The molecule has 0 N–H and O–H groups in total. The van der Waals surface area contributed by atoms with Crippen LogP contribution in [0.25, 0.3) is 0 Å². The fourth-order valence-corrected chi connectivity index (χ4v) is 1.76. The Morgan fingerprint density at radius 1 is 0.800 bits per heavy atom. The van der Waals surface area contributed by atoms with Crippen LogP contribution in [0.4, 0.5) is 0 Å². The van der Waals surface area contributed by atoms with E-state index in [2.05, 4.69) is 31.7 Å². The van der Waals surface area contributed by atoms with Crippen molar-refractivity contribution in [2.24, 2.45) is 0 Å². The van der Waals surface area contributed by atoms with E-state index >= 15 is 0 Å². The number of unbranched alkanes of at least 4 members (excludes halogenated alkanes) is 7. The van der Waals surface area contributed by atoms with Crippen molar-refractivity contribution in [1.29, 1.82) is 0 Å². The van der Waals surface area contributed by atoms with Gasteiger partial charge in [-0.1, -0.05) is 46.0 Å². The van der Waals surface area contributed by atoms with Crippen LogP contribution < -0.4 is 0 Å². The smallest absolute Gasteiger partial charge is 0.142 e. The van der Waals surface area contributed by atoms with Gasteiger partial charge in [0.1, 0.15) is 19.8 Å². The molecule has 0 spiro atoms. The van der Waals surface area contributed by atoms with E-state index in [9.17, 15) is 0 Å². The molecule has 0 heterocycles. The lowest BCUT2D eigenvalue weighted by Crippen LogP contribution is -2.08. The Morgan fingerprint density at radius 2 is 1.40 bits per heavy atom. The summed E-state index contributed by atoms with van der Waals surface area (Å²) in [6.07, 6.45) is 14.7. The molecule has 0 aliphatic carbocycles. The van der Waals surface area contributed by atoms with E-state index in [1.807, 2.05) is 0 Å². The molecule has 0 saturated carbocycles. The molecule has 0 unspecified atom stereocenters. The van der Waals surface area contributed by atoms with Crippen molar-refractivity contribution < 1.29 is 4.58 Å². The molecule has 1 nitrogen and oxygen atoms in total. The second-order valence-electron chi connectivity index (χ2n) is 4.57. The average molecular weight is 212 g/mol. The maximum atomic E-state index is 2.36. The maximum absolute atomic E-state index is 2.36. The Kier molecular flexibility index (Phi) is 11.5. The maximum Gasteiger partial charge on any atom is 0.142 e. The quantitative estimate of drug-likeness (QED) is 0.289. The first-order valence-corrected chi connectivity index (χ1v) is 6.84. The number of hydrogen-bond acceptors (Lipinski definition) is 0. The van der Waals surface area contributed by atoms with E-state index in [4.69, 9.17) is 0 Å². The Hall–Kier alpha value is -0.330. The Labute approximate surface area is 96.6 Å². The zero-order chi connectivity index (χ0) is 11.4. The second kappa shape index (κ2) is 11.7. The predicted molar refractivity (Wildman–Crippen MR) is 70.0 cm³/mol. The summed E-state index contributed by atoms with van der Waals surface area (Å²) in [7, 11) is 2.20. The van der Waals surface area contributed by atoms with Gasteiger partial charge < -0.3 is 0 Å². The molecular weight excluding hydrogens is 182 g/mol. The average Bonchev–Trinajstić information content (AvgIpc) is 2.25. The van der Waals surface area contributed by atoms with E-state index in [0.29, 0.717) is 0 Å². The highest BCUT2D eigenvalue weighted by Crippen LogP contribution is 2.06. The molecule has 0 radical (unpaired) electrons. The number of rotatable bonds is 10. The van der Waals surface area contributed by atoms with Crippen LogP contribution in [0, 0.1) is 0 Å². The molecular formula is C14H30N+. The van der Waals surface area contributed by atoms with Gasteiger partial charge in [-0.05, 0) is 12.8 Å². The zero-order valence-electron chi connectivity index (χ0n) is 11.1. The summed E-state index contributed by atoms with van der Waals surface area (Å²) in [5, 5.41) is 0. The molecule has 0 bridgehead atoms.